The number of nitrogens with one attached hydrogen (secondary N) is 3. The van der Waals surface area contributed by atoms with Gasteiger partial charge in [-0.05, 0) is 30.7 Å². The van der Waals surface area contributed by atoms with E-state index in [9.17, 15) is 9.59 Å². The molecule has 8 heteroatoms. The van der Waals surface area contributed by atoms with Crippen LogP contribution in [0.25, 0.3) is 11.3 Å². The first-order valence-electron chi connectivity index (χ1n) is 8.57. The van der Waals surface area contributed by atoms with Gasteiger partial charge in [0.05, 0.1) is 35.1 Å². The molecule has 3 aromatic rings. The van der Waals surface area contributed by atoms with E-state index in [4.69, 9.17) is 23.2 Å². The van der Waals surface area contributed by atoms with Crippen LogP contribution in [0.2, 0.25) is 10.0 Å². The number of carbonyl (C=O) groups excluding carboxylic acids is 2. The van der Waals surface area contributed by atoms with Crippen molar-refractivity contribution in [1.29, 1.82) is 0 Å². The number of rotatable bonds is 6. The lowest BCUT2D eigenvalue weighted by Gasteiger charge is -2.12. The van der Waals surface area contributed by atoms with Crippen molar-refractivity contribution in [3.05, 3.63) is 76.2 Å². The highest BCUT2D eigenvalue weighted by Gasteiger charge is 2.16. The highest BCUT2D eigenvalue weighted by Crippen LogP contribution is 2.21. The van der Waals surface area contributed by atoms with Crippen LogP contribution in [0.3, 0.4) is 0 Å². The maximum atomic E-state index is 12.2. The van der Waals surface area contributed by atoms with Crippen LogP contribution in [0.4, 0.5) is 0 Å². The molecule has 1 heterocycles. The zero-order valence-corrected chi connectivity index (χ0v) is 16.5. The van der Waals surface area contributed by atoms with Gasteiger partial charge in [0.2, 0.25) is 5.91 Å². The van der Waals surface area contributed by atoms with Crippen molar-refractivity contribution in [2.75, 3.05) is 6.54 Å². The van der Waals surface area contributed by atoms with Gasteiger partial charge in [0.15, 0.2) is 0 Å². The number of halogens is 2. The van der Waals surface area contributed by atoms with Crippen LogP contribution >= 0.6 is 23.2 Å². The summed E-state index contributed by atoms with van der Waals surface area (Å²) in [5.74, 6) is -0.170. The Morgan fingerprint density at radius 2 is 1.89 bits per heavy atom. The molecule has 1 atom stereocenters. The summed E-state index contributed by atoms with van der Waals surface area (Å²) in [5.41, 5.74) is 2.12. The summed E-state index contributed by atoms with van der Waals surface area (Å²) in [6.07, 6.45) is 1.72. The van der Waals surface area contributed by atoms with E-state index in [1.165, 1.54) is 12.1 Å². The van der Waals surface area contributed by atoms with Crippen molar-refractivity contribution < 1.29 is 9.59 Å². The van der Waals surface area contributed by atoms with Crippen LogP contribution < -0.4 is 10.6 Å². The van der Waals surface area contributed by atoms with Gasteiger partial charge in [-0.25, -0.2) is 4.98 Å². The molecule has 0 aliphatic rings. The summed E-state index contributed by atoms with van der Waals surface area (Å²) in [6.45, 7) is 1.62. The number of amides is 2. The van der Waals surface area contributed by atoms with Gasteiger partial charge in [-0.15, -0.1) is 0 Å². The second kappa shape index (κ2) is 8.91. The third kappa shape index (κ3) is 4.91. The van der Waals surface area contributed by atoms with E-state index >= 15 is 0 Å². The number of hydrogen-bond acceptors (Lipinski definition) is 3. The Kier molecular flexibility index (Phi) is 6.34. The smallest absolute Gasteiger partial charge is 0.253 e. The Morgan fingerprint density at radius 1 is 1.14 bits per heavy atom. The number of carbonyl (C=O) groups is 2. The van der Waals surface area contributed by atoms with Crippen LogP contribution in [0.15, 0.2) is 54.7 Å². The lowest BCUT2D eigenvalue weighted by Crippen LogP contribution is -2.38. The summed E-state index contributed by atoms with van der Waals surface area (Å²) in [6, 6.07) is 14.0. The molecule has 3 N–H and O–H groups in total. The number of aromatic amines is 1. The molecule has 6 nitrogen and oxygen atoms in total. The first-order chi connectivity index (χ1) is 13.4. The number of imidazole rings is 1. The first-order valence-corrected chi connectivity index (χ1v) is 9.32. The first kappa shape index (κ1) is 19.9. The van der Waals surface area contributed by atoms with E-state index < -0.39 is 5.91 Å². The van der Waals surface area contributed by atoms with E-state index in [1.54, 1.807) is 12.3 Å². The van der Waals surface area contributed by atoms with Crippen LogP contribution in [-0.2, 0) is 4.79 Å². The van der Waals surface area contributed by atoms with Gasteiger partial charge >= 0.3 is 0 Å². The minimum Gasteiger partial charge on any atom is -0.345 e. The van der Waals surface area contributed by atoms with Crippen LogP contribution in [-0.4, -0.2) is 28.3 Å². The summed E-state index contributed by atoms with van der Waals surface area (Å²) in [7, 11) is 0. The third-order valence-corrected chi connectivity index (χ3v) is 4.60. The lowest BCUT2D eigenvalue weighted by atomic mass is 10.2. The van der Waals surface area contributed by atoms with Crippen molar-refractivity contribution in [2.24, 2.45) is 0 Å². The molecule has 0 fully saturated rings. The van der Waals surface area contributed by atoms with Gasteiger partial charge in [0.25, 0.3) is 5.91 Å². The molecule has 0 aliphatic heterocycles. The summed E-state index contributed by atoms with van der Waals surface area (Å²) < 4.78 is 0. The SMILES string of the molecule is CC(NC(=O)CNC(=O)c1ccc(Cl)cc1Cl)c1ncc(-c2ccccc2)[nH]1. The fraction of sp³-hybridized carbons (Fsp3) is 0.150. The molecular weight excluding hydrogens is 399 g/mol. The Labute approximate surface area is 172 Å². The van der Waals surface area contributed by atoms with Gasteiger partial charge in [-0.1, -0.05) is 53.5 Å². The Hall–Kier alpha value is -2.83. The third-order valence-electron chi connectivity index (χ3n) is 4.05. The molecule has 0 spiro atoms. The van der Waals surface area contributed by atoms with Gasteiger partial charge in [-0.3, -0.25) is 9.59 Å². The maximum Gasteiger partial charge on any atom is 0.253 e. The molecule has 144 valence electrons. The van der Waals surface area contributed by atoms with Gasteiger partial charge in [0.1, 0.15) is 5.82 Å². The van der Waals surface area contributed by atoms with Crippen molar-refractivity contribution >= 4 is 35.0 Å². The second-order valence-electron chi connectivity index (χ2n) is 6.14. The van der Waals surface area contributed by atoms with Crippen molar-refractivity contribution in [3.8, 4) is 11.3 Å². The minimum atomic E-state index is -0.450. The van der Waals surface area contributed by atoms with Gasteiger partial charge in [0, 0.05) is 5.02 Å². The van der Waals surface area contributed by atoms with E-state index in [-0.39, 0.29) is 29.1 Å². The van der Waals surface area contributed by atoms with E-state index in [0.717, 1.165) is 11.3 Å². The van der Waals surface area contributed by atoms with Crippen molar-refractivity contribution in [1.82, 2.24) is 20.6 Å². The molecule has 2 aromatic carbocycles. The van der Waals surface area contributed by atoms with Gasteiger partial charge < -0.3 is 15.6 Å². The van der Waals surface area contributed by atoms with Crippen molar-refractivity contribution in [2.45, 2.75) is 13.0 Å². The predicted molar refractivity (Wildman–Crippen MR) is 109 cm³/mol. The molecule has 0 aliphatic carbocycles. The quantitative estimate of drug-likeness (QED) is 0.567. The van der Waals surface area contributed by atoms with E-state index in [1.807, 2.05) is 37.3 Å². The van der Waals surface area contributed by atoms with Crippen molar-refractivity contribution in [3.63, 3.8) is 0 Å². The molecule has 0 bridgehead atoms. The molecule has 0 saturated carbocycles. The van der Waals surface area contributed by atoms with Gasteiger partial charge in [-0.2, -0.15) is 0 Å². The fourth-order valence-electron chi connectivity index (χ4n) is 2.61. The summed E-state index contributed by atoms with van der Waals surface area (Å²) >= 11 is 11.8. The maximum absolute atomic E-state index is 12.2. The Morgan fingerprint density at radius 3 is 2.61 bits per heavy atom. The Balaban J connectivity index is 1.54. The molecule has 28 heavy (non-hydrogen) atoms. The van der Waals surface area contributed by atoms with E-state index in [2.05, 4.69) is 20.6 Å². The monoisotopic (exact) mass is 416 g/mol. The molecular formula is C20H18Cl2N4O2. The standard InChI is InChI=1S/C20H18Cl2N4O2/c1-12(19-23-10-17(26-19)13-5-3-2-4-6-13)25-18(27)11-24-20(28)15-8-7-14(21)9-16(15)22/h2-10,12H,11H2,1H3,(H,23,26)(H,24,28)(H,25,27). The fourth-order valence-corrected chi connectivity index (χ4v) is 3.11. The topological polar surface area (TPSA) is 86.9 Å². The number of nitrogens with zero attached hydrogens (tertiary/aromatic N) is 1. The predicted octanol–water partition coefficient (Wildman–Crippen LogP) is 3.99. The zero-order chi connectivity index (χ0) is 20.1. The Bertz CT molecular complexity index is 989. The molecule has 0 radical (unpaired) electrons. The summed E-state index contributed by atoms with van der Waals surface area (Å²) in [5, 5.41) is 5.98. The molecule has 1 unspecified atom stereocenters. The highest BCUT2D eigenvalue weighted by atomic mass is 35.5. The van der Waals surface area contributed by atoms with Crippen LogP contribution in [0.5, 0.6) is 0 Å². The number of benzene rings is 2. The average molecular weight is 417 g/mol. The van der Waals surface area contributed by atoms with E-state index in [0.29, 0.717) is 10.8 Å². The van der Waals surface area contributed by atoms with Crippen LogP contribution in [0.1, 0.15) is 29.1 Å². The highest BCUT2D eigenvalue weighted by molar-refractivity contribution is 6.36. The number of hydrogen-bond donors (Lipinski definition) is 3. The molecule has 2 amide bonds. The average Bonchev–Trinajstić information content (AvgIpc) is 3.17. The number of aromatic nitrogens is 2. The number of H-pyrrole nitrogens is 1. The molecule has 0 saturated heterocycles. The normalized spacial score (nSPS) is 11.7. The van der Waals surface area contributed by atoms with Crippen LogP contribution in [0, 0.1) is 0 Å². The minimum absolute atomic E-state index is 0.186. The second-order valence-corrected chi connectivity index (χ2v) is 6.99. The molecule has 3 rings (SSSR count). The lowest BCUT2D eigenvalue weighted by molar-refractivity contribution is -0.120. The summed E-state index contributed by atoms with van der Waals surface area (Å²) in [4.78, 5) is 31.8. The zero-order valence-electron chi connectivity index (χ0n) is 15.0. The molecule has 1 aromatic heterocycles. The largest absolute Gasteiger partial charge is 0.345 e.